The van der Waals surface area contributed by atoms with Gasteiger partial charge in [0.25, 0.3) is 0 Å². The summed E-state index contributed by atoms with van der Waals surface area (Å²) in [5, 5.41) is 9.59. The molecular weight excluding hydrogens is 510 g/mol. The quantitative estimate of drug-likeness (QED) is 0.355. The highest BCUT2D eigenvalue weighted by Crippen LogP contribution is 2.57. The van der Waals surface area contributed by atoms with Crippen LogP contribution in [0.1, 0.15) is 46.5 Å². The minimum Gasteiger partial charge on any atom is -0.494 e. The molecule has 40 heavy (non-hydrogen) atoms. The zero-order valence-corrected chi connectivity index (χ0v) is 23.8. The summed E-state index contributed by atoms with van der Waals surface area (Å²) in [6, 6.07) is 6.47. The molecule has 9 heteroatoms. The van der Waals surface area contributed by atoms with Gasteiger partial charge >= 0.3 is 0 Å². The van der Waals surface area contributed by atoms with Crippen LogP contribution in [0, 0.1) is 11.8 Å². The van der Waals surface area contributed by atoms with Gasteiger partial charge in [-0.15, -0.1) is 0 Å². The van der Waals surface area contributed by atoms with Gasteiger partial charge in [-0.25, -0.2) is 0 Å². The topological polar surface area (TPSA) is 99.6 Å². The Balaban J connectivity index is 1.54. The number of hydrogen-bond acceptors (Lipinski definition) is 6. The highest BCUT2D eigenvalue weighted by Gasteiger charge is 2.74. The first-order valence-electron chi connectivity index (χ1n) is 14.6. The number of aliphatic hydroxyl groups excluding tert-OH is 1. The lowest BCUT2D eigenvalue weighted by Gasteiger charge is -2.37. The number of amides is 3. The van der Waals surface area contributed by atoms with Crippen molar-refractivity contribution in [3.8, 4) is 5.75 Å². The van der Waals surface area contributed by atoms with Crippen LogP contribution in [0.3, 0.4) is 0 Å². The molecule has 2 saturated heterocycles. The van der Waals surface area contributed by atoms with Crippen molar-refractivity contribution in [2.24, 2.45) is 11.8 Å². The summed E-state index contributed by atoms with van der Waals surface area (Å²) in [6.45, 7) is 7.93. The number of hydrogen-bond donors (Lipinski definition) is 1. The minimum atomic E-state index is -1.27. The van der Waals surface area contributed by atoms with Crippen molar-refractivity contribution in [2.45, 2.75) is 63.7 Å². The Morgan fingerprint density at radius 3 is 2.38 bits per heavy atom. The number of carbonyl (C=O) groups excluding carboxylic acids is 3. The molecule has 0 aromatic heterocycles. The van der Waals surface area contributed by atoms with Crippen LogP contribution in [-0.2, 0) is 19.1 Å². The lowest BCUT2D eigenvalue weighted by Crippen LogP contribution is -2.56. The molecule has 1 unspecified atom stereocenters. The molecule has 216 valence electrons. The second kappa shape index (κ2) is 11.4. The summed E-state index contributed by atoms with van der Waals surface area (Å²) < 4.78 is 12.4. The van der Waals surface area contributed by atoms with Crippen molar-refractivity contribution in [1.29, 1.82) is 0 Å². The molecular formula is C31H41N3O6. The Morgan fingerprint density at radius 1 is 0.925 bits per heavy atom. The normalized spacial score (nSPS) is 31.2. The predicted molar refractivity (Wildman–Crippen MR) is 151 cm³/mol. The van der Waals surface area contributed by atoms with Gasteiger partial charge in [0.2, 0.25) is 17.7 Å². The maximum Gasteiger partial charge on any atom is 0.249 e. The summed E-state index contributed by atoms with van der Waals surface area (Å²) in [6.07, 6.45) is 10.9. The number of likely N-dealkylation sites (tertiary alicyclic amines) is 1. The first-order chi connectivity index (χ1) is 19.3. The van der Waals surface area contributed by atoms with Crippen LogP contribution in [-0.4, -0.2) is 89.3 Å². The highest BCUT2D eigenvalue weighted by atomic mass is 16.5. The van der Waals surface area contributed by atoms with E-state index in [4.69, 9.17) is 9.47 Å². The van der Waals surface area contributed by atoms with Crippen molar-refractivity contribution < 1.29 is 29.0 Å². The standard InChI is InChI=1S/C31H41N3O6/c1-4-6-7-17-32-18-9-16-31-25(28(37)34(20-10-21-35)26(31)29(32)38)24-27(36)33(19-8-15-30(24,3)40-31)22-11-13-23(14-12-22)39-5-2/h8-9,11-16,24-26,35H,4-7,10,17-21H2,1-3H3/t24-,25-,26?,30+,31-/m0/s1. The summed E-state index contributed by atoms with van der Waals surface area (Å²) in [7, 11) is 0. The summed E-state index contributed by atoms with van der Waals surface area (Å²) in [5.41, 5.74) is -1.64. The Bertz CT molecular complexity index is 1180. The van der Waals surface area contributed by atoms with Crippen molar-refractivity contribution in [3.63, 3.8) is 0 Å². The number of benzene rings is 1. The summed E-state index contributed by atoms with van der Waals surface area (Å²) in [5.74, 6) is -1.60. The van der Waals surface area contributed by atoms with E-state index in [1.165, 1.54) is 0 Å². The number of fused-ring (bicyclic) bond motifs is 2. The Hall–Kier alpha value is -3.17. The molecule has 3 amide bonds. The molecule has 5 atom stereocenters. The largest absolute Gasteiger partial charge is 0.494 e. The lowest BCUT2D eigenvalue weighted by atomic mass is 9.74. The van der Waals surface area contributed by atoms with E-state index in [-0.39, 0.29) is 30.9 Å². The molecule has 2 fully saturated rings. The lowest BCUT2D eigenvalue weighted by molar-refractivity contribution is -0.151. The van der Waals surface area contributed by atoms with Gasteiger partial charge in [0.15, 0.2) is 0 Å². The van der Waals surface area contributed by atoms with Crippen molar-refractivity contribution in [1.82, 2.24) is 9.80 Å². The second-order valence-corrected chi connectivity index (χ2v) is 11.3. The fourth-order valence-electron chi connectivity index (χ4n) is 6.92. The Labute approximate surface area is 236 Å². The fraction of sp³-hybridized carbons (Fsp3) is 0.581. The van der Waals surface area contributed by atoms with Crippen LogP contribution in [0.2, 0.25) is 0 Å². The number of ether oxygens (including phenoxy) is 2. The van der Waals surface area contributed by atoms with Crippen LogP contribution < -0.4 is 9.64 Å². The molecule has 1 aromatic rings. The first kappa shape index (κ1) is 28.4. The van der Waals surface area contributed by atoms with Crippen LogP contribution in [0.4, 0.5) is 5.69 Å². The fourth-order valence-corrected chi connectivity index (χ4v) is 6.92. The molecule has 1 aromatic carbocycles. The van der Waals surface area contributed by atoms with E-state index in [1.54, 1.807) is 14.7 Å². The number of nitrogens with zero attached hydrogens (tertiary/aromatic N) is 3. The molecule has 0 radical (unpaired) electrons. The number of carbonyl (C=O) groups is 3. The number of aliphatic hydroxyl groups is 1. The maximum absolute atomic E-state index is 14.4. The highest BCUT2D eigenvalue weighted by molar-refractivity contribution is 6.04. The van der Waals surface area contributed by atoms with Crippen LogP contribution in [0.15, 0.2) is 48.6 Å². The van der Waals surface area contributed by atoms with Gasteiger partial charge in [-0.3, -0.25) is 14.4 Å². The number of anilines is 1. The molecule has 0 bridgehead atoms. The molecule has 4 heterocycles. The molecule has 1 spiro atoms. The second-order valence-electron chi connectivity index (χ2n) is 11.3. The Morgan fingerprint density at radius 2 is 1.68 bits per heavy atom. The number of unbranched alkanes of at least 4 members (excludes halogenated alkanes) is 2. The SMILES string of the molecule is CCCCCN1CC=C[C@]23O[C@]4(C)C=CCN(c5ccc(OCC)cc5)C(=O)[C@@H]4[C@H]2C(=O)N(CCCO)C3C1=O. The van der Waals surface area contributed by atoms with Gasteiger partial charge in [-0.2, -0.15) is 0 Å². The smallest absolute Gasteiger partial charge is 0.249 e. The van der Waals surface area contributed by atoms with Gasteiger partial charge in [0.05, 0.1) is 24.0 Å². The molecule has 9 nitrogen and oxygen atoms in total. The zero-order valence-electron chi connectivity index (χ0n) is 23.8. The van der Waals surface area contributed by atoms with Gasteiger partial charge in [0.1, 0.15) is 17.4 Å². The Kier molecular flexibility index (Phi) is 8.06. The average Bonchev–Trinajstić information content (AvgIpc) is 3.21. The van der Waals surface area contributed by atoms with Crippen LogP contribution >= 0.6 is 0 Å². The zero-order chi connectivity index (χ0) is 28.5. The van der Waals surface area contributed by atoms with Crippen LogP contribution in [0.25, 0.3) is 0 Å². The van der Waals surface area contributed by atoms with E-state index in [2.05, 4.69) is 6.92 Å². The van der Waals surface area contributed by atoms with Gasteiger partial charge in [0, 0.05) is 38.5 Å². The molecule has 0 aliphatic carbocycles. The third-order valence-corrected chi connectivity index (χ3v) is 8.69. The first-order valence-corrected chi connectivity index (χ1v) is 14.6. The third kappa shape index (κ3) is 4.63. The van der Waals surface area contributed by atoms with Gasteiger partial charge in [-0.1, -0.05) is 44.1 Å². The predicted octanol–water partition coefficient (Wildman–Crippen LogP) is 2.93. The molecule has 4 aliphatic heterocycles. The minimum absolute atomic E-state index is 0.104. The van der Waals surface area contributed by atoms with E-state index < -0.39 is 29.1 Å². The van der Waals surface area contributed by atoms with E-state index in [0.717, 1.165) is 25.0 Å². The van der Waals surface area contributed by atoms with Crippen molar-refractivity contribution in [2.75, 3.05) is 44.3 Å². The van der Waals surface area contributed by atoms with E-state index in [1.807, 2.05) is 62.4 Å². The average molecular weight is 552 g/mol. The van der Waals surface area contributed by atoms with E-state index >= 15 is 0 Å². The number of rotatable bonds is 10. The molecule has 0 saturated carbocycles. The molecule has 5 rings (SSSR count). The van der Waals surface area contributed by atoms with Gasteiger partial charge in [-0.05, 0) is 51.0 Å². The van der Waals surface area contributed by atoms with Crippen LogP contribution in [0.5, 0.6) is 5.75 Å². The third-order valence-electron chi connectivity index (χ3n) is 8.69. The van der Waals surface area contributed by atoms with Crippen molar-refractivity contribution >= 4 is 23.4 Å². The van der Waals surface area contributed by atoms with E-state index in [0.29, 0.717) is 38.3 Å². The summed E-state index contributed by atoms with van der Waals surface area (Å²) >= 11 is 0. The molecule has 1 N–H and O–H groups in total. The van der Waals surface area contributed by atoms with Crippen molar-refractivity contribution in [3.05, 3.63) is 48.6 Å². The molecule has 4 aliphatic rings. The summed E-state index contributed by atoms with van der Waals surface area (Å²) in [4.78, 5) is 47.8. The maximum atomic E-state index is 14.4. The monoisotopic (exact) mass is 551 g/mol. The van der Waals surface area contributed by atoms with Gasteiger partial charge < -0.3 is 29.3 Å². The van der Waals surface area contributed by atoms with E-state index in [9.17, 15) is 19.5 Å².